The predicted octanol–water partition coefficient (Wildman–Crippen LogP) is -0.214. The van der Waals surface area contributed by atoms with E-state index in [9.17, 15) is 4.79 Å². The minimum absolute atomic E-state index is 0.118. The van der Waals surface area contributed by atoms with Crippen molar-refractivity contribution in [3.63, 3.8) is 0 Å². The summed E-state index contributed by atoms with van der Waals surface area (Å²) in [7, 11) is 0. The zero-order valence-corrected chi connectivity index (χ0v) is 7.22. The Morgan fingerprint density at radius 3 is 2.18 bits per heavy atom. The number of carboxylic acid groups (broad SMARTS) is 1. The van der Waals surface area contributed by atoms with Crippen LogP contribution in [0.5, 0.6) is 0 Å². The Morgan fingerprint density at radius 2 is 2.09 bits per heavy atom. The van der Waals surface area contributed by atoms with E-state index in [0.717, 1.165) is 0 Å². The lowest BCUT2D eigenvalue weighted by atomic mass is 10.1. The van der Waals surface area contributed by atoms with E-state index in [1.54, 1.807) is 0 Å². The molecule has 0 radical (unpaired) electrons. The van der Waals surface area contributed by atoms with Gasteiger partial charge in [-0.05, 0) is 20.8 Å². The summed E-state index contributed by atoms with van der Waals surface area (Å²) in [6.45, 7) is 5.82. The van der Waals surface area contributed by atoms with Crippen LogP contribution in [0.15, 0.2) is 0 Å². The first-order valence-corrected chi connectivity index (χ1v) is 3.57. The third-order valence-corrected chi connectivity index (χ3v) is 1.14. The number of aliphatic carboxylic acids is 1. The molecule has 0 amide bonds. The first-order valence-electron chi connectivity index (χ1n) is 3.57. The number of rotatable bonds is 3. The molecule has 0 saturated heterocycles. The van der Waals surface area contributed by atoms with E-state index in [0.29, 0.717) is 0 Å². The van der Waals surface area contributed by atoms with Crippen LogP contribution in [0.25, 0.3) is 0 Å². The van der Waals surface area contributed by atoms with Gasteiger partial charge < -0.3 is 10.8 Å². The SMILES string of the molecule is CC(C)(C)NC(CN)C(=O)O. The second-order valence-corrected chi connectivity index (χ2v) is 3.52. The van der Waals surface area contributed by atoms with Gasteiger partial charge in [0.1, 0.15) is 6.04 Å². The minimum Gasteiger partial charge on any atom is -0.480 e. The smallest absolute Gasteiger partial charge is 0.322 e. The van der Waals surface area contributed by atoms with E-state index in [1.165, 1.54) is 0 Å². The fourth-order valence-electron chi connectivity index (χ4n) is 0.744. The van der Waals surface area contributed by atoms with Gasteiger partial charge in [-0.1, -0.05) is 0 Å². The molecule has 4 heteroatoms. The van der Waals surface area contributed by atoms with Crippen molar-refractivity contribution in [3.05, 3.63) is 0 Å². The molecule has 66 valence electrons. The zero-order chi connectivity index (χ0) is 9.07. The first-order chi connectivity index (χ1) is 4.87. The average molecular weight is 160 g/mol. The van der Waals surface area contributed by atoms with Crippen molar-refractivity contribution in [2.75, 3.05) is 6.54 Å². The Kier molecular flexibility index (Phi) is 3.48. The molecule has 0 spiro atoms. The van der Waals surface area contributed by atoms with Crippen LogP contribution in [-0.4, -0.2) is 29.2 Å². The maximum Gasteiger partial charge on any atom is 0.322 e. The van der Waals surface area contributed by atoms with Crippen LogP contribution in [0.3, 0.4) is 0 Å². The van der Waals surface area contributed by atoms with E-state index in [1.807, 2.05) is 20.8 Å². The summed E-state index contributed by atoms with van der Waals surface area (Å²) in [6, 6.07) is -0.644. The highest BCUT2D eigenvalue weighted by atomic mass is 16.4. The van der Waals surface area contributed by atoms with Gasteiger partial charge in [0.2, 0.25) is 0 Å². The molecule has 0 aromatic carbocycles. The number of carbonyl (C=O) groups is 1. The second-order valence-electron chi connectivity index (χ2n) is 3.52. The van der Waals surface area contributed by atoms with Crippen LogP contribution in [0.4, 0.5) is 0 Å². The van der Waals surface area contributed by atoms with Crippen LogP contribution in [0.2, 0.25) is 0 Å². The standard InChI is InChI=1S/C7H16N2O2/c1-7(2,3)9-5(4-8)6(10)11/h5,9H,4,8H2,1-3H3,(H,10,11). The van der Waals surface area contributed by atoms with Gasteiger partial charge in [0.05, 0.1) is 0 Å². The molecular weight excluding hydrogens is 144 g/mol. The number of carboxylic acids is 1. The Morgan fingerprint density at radius 1 is 1.64 bits per heavy atom. The molecule has 1 unspecified atom stereocenters. The lowest BCUT2D eigenvalue weighted by Gasteiger charge is -2.24. The van der Waals surface area contributed by atoms with Crippen molar-refractivity contribution in [1.82, 2.24) is 5.32 Å². The van der Waals surface area contributed by atoms with Gasteiger partial charge in [-0.2, -0.15) is 0 Å². The third-order valence-electron chi connectivity index (χ3n) is 1.14. The number of hydrogen-bond donors (Lipinski definition) is 3. The van der Waals surface area contributed by atoms with Crippen molar-refractivity contribution in [3.8, 4) is 0 Å². The van der Waals surface area contributed by atoms with Crippen LogP contribution >= 0.6 is 0 Å². The topological polar surface area (TPSA) is 75.3 Å². The molecule has 4 N–H and O–H groups in total. The predicted molar refractivity (Wildman–Crippen MR) is 43.4 cm³/mol. The van der Waals surface area contributed by atoms with Gasteiger partial charge in [-0.3, -0.25) is 10.1 Å². The normalized spacial score (nSPS) is 14.5. The summed E-state index contributed by atoms with van der Waals surface area (Å²) >= 11 is 0. The summed E-state index contributed by atoms with van der Waals surface area (Å²) in [4.78, 5) is 10.5. The van der Waals surface area contributed by atoms with Crippen molar-refractivity contribution >= 4 is 5.97 Å². The summed E-state index contributed by atoms with van der Waals surface area (Å²) < 4.78 is 0. The molecule has 0 bridgehead atoms. The fraction of sp³-hybridized carbons (Fsp3) is 0.857. The van der Waals surface area contributed by atoms with Crippen LogP contribution in [-0.2, 0) is 4.79 Å². The summed E-state index contributed by atoms with van der Waals surface area (Å²) in [5.41, 5.74) is 5.03. The van der Waals surface area contributed by atoms with E-state index >= 15 is 0 Å². The van der Waals surface area contributed by atoms with Crippen LogP contribution in [0, 0.1) is 0 Å². The quantitative estimate of drug-likeness (QED) is 0.534. The third kappa shape index (κ3) is 4.75. The molecule has 4 nitrogen and oxygen atoms in total. The monoisotopic (exact) mass is 160 g/mol. The molecule has 0 aromatic rings. The Bertz CT molecular complexity index is 140. The summed E-state index contributed by atoms with van der Waals surface area (Å²) in [5.74, 6) is -0.901. The molecule has 0 saturated carbocycles. The summed E-state index contributed by atoms with van der Waals surface area (Å²) in [5, 5.41) is 11.5. The number of hydrogen-bond acceptors (Lipinski definition) is 3. The van der Waals surface area contributed by atoms with Crippen molar-refractivity contribution in [1.29, 1.82) is 0 Å². The molecule has 0 heterocycles. The maximum atomic E-state index is 10.5. The van der Waals surface area contributed by atoms with E-state index in [-0.39, 0.29) is 12.1 Å². The highest BCUT2D eigenvalue weighted by molar-refractivity contribution is 5.73. The Balaban J connectivity index is 3.99. The second kappa shape index (κ2) is 3.69. The molecule has 0 aliphatic rings. The molecule has 11 heavy (non-hydrogen) atoms. The van der Waals surface area contributed by atoms with Crippen LogP contribution in [0.1, 0.15) is 20.8 Å². The zero-order valence-electron chi connectivity index (χ0n) is 7.22. The van der Waals surface area contributed by atoms with E-state index < -0.39 is 12.0 Å². The largest absolute Gasteiger partial charge is 0.480 e. The molecule has 0 rings (SSSR count). The van der Waals surface area contributed by atoms with Gasteiger partial charge in [0.25, 0.3) is 0 Å². The lowest BCUT2D eigenvalue weighted by Crippen LogP contribution is -2.51. The lowest BCUT2D eigenvalue weighted by molar-refractivity contribution is -0.139. The van der Waals surface area contributed by atoms with Crippen molar-refractivity contribution in [2.24, 2.45) is 5.73 Å². The van der Waals surface area contributed by atoms with Gasteiger partial charge in [0, 0.05) is 12.1 Å². The average Bonchev–Trinajstić information content (AvgIpc) is 1.80. The van der Waals surface area contributed by atoms with Gasteiger partial charge in [-0.15, -0.1) is 0 Å². The highest BCUT2D eigenvalue weighted by Crippen LogP contribution is 2.00. The fourth-order valence-corrected chi connectivity index (χ4v) is 0.744. The molecule has 0 aliphatic heterocycles. The summed E-state index contributed by atoms with van der Waals surface area (Å²) in [6.07, 6.45) is 0. The van der Waals surface area contributed by atoms with Gasteiger partial charge in [0.15, 0.2) is 0 Å². The van der Waals surface area contributed by atoms with E-state index in [2.05, 4.69) is 5.32 Å². The number of nitrogens with two attached hydrogens (primary N) is 1. The van der Waals surface area contributed by atoms with E-state index in [4.69, 9.17) is 10.8 Å². The van der Waals surface area contributed by atoms with Crippen LogP contribution < -0.4 is 11.1 Å². The Hall–Kier alpha value is -0.610. The first kappa shape index (κ1) is 10.4. The van der Waals surface area contributed by atoms with Gasteiger partial charge >= 0.3 is 5.97 Å². The molecule has 0 fully saturated rings. The maximum absolute atomic E-state index is 10.5. The molecule has 0 aliphatic carbocycles. The minimum atomic E-state index is -0.901. The highest BCUT2D eigenvalue weighted by Gasteiger charge is 2.21. The van der Waals surface area contributed by atoms with Crippen molar-refractivity contribution < 1.29 is 9.90 Å². The number of nitrogens with one attached hydrogen (secondary N) is 1. The Labute approximate surface area is 66.8 Å². The molecule has 1 atom stereocenters. The molecule has 0 aromatic heterocycles. The molecular formula is C7H16N2O2. The van der Waals surface area contributed by atoms with Crippen molar-refractivity contribution in [2.45, 2.75) is 32.4 Å². The van der Waals surface area contributed by atoms with Gasteiger partial charge in [-0.25, -0.2) is 0 Å².